The highest BCUT2D eigenvalue weighted by Crippen LogP contribution is 1.87. The second-order valence-electron chi connectivity index (χ2n) is 2.39. The van der Waals surface area contributed by atoms with Crippen LogP contribution < -0.4 is 0 Å². The van der Waals surface area contributed by atoms with Crippen molar-refractivity contribution >= 4 is 5.97 Å². The molecular weight excluding hydrogens is 156 g/mol. The third-order valence-electron chi connectivity index (χ3n) is 0.804. The average molecular weight is 172 g/mol. The summed E-state index contributed by atoms with van der Waals surface area (Å²) in [7, 11) is 1.33. The van der Waals surface area contributed by atoms with Gasteiger partial charge in [-0.05, 0) is 13.8 Å². The van der Waals surface area contributed by atoms with Crippen LogP contribution in [0.25, 0.3) is 0 Å². The van der Waals surface area contributed by atoms with Crippen molar-refractivity contribution in [2.45, 2.75) is 13.8 Å². The van der Waals surface area contributed by atoms with E-state index in [1.54, 1.807) is 13.8 Å². The van der Waals surface area contributed by atoms with Crippen molar-refractivity contribution in [3.63, 3.8) is 0 Å². The molecule has 0 rings (SSSR count). The highest BCUT2D eigenvalue weighted by atomic mass is 16.5. The van der Waals surface area contributed by atoms with Gasteiger partial charge in [-0.1, -0.05) is 18.7 Å². The Morgan fingerprint density at radius 3 is 1.75 bits per heavy atom. The maximum absolute atomic E-state index is 10.2. The molecular formula is C9H16O3. The monoisotopic (exact) mass is 172 g/mol. The molecule has 0 heterocycles. The molecule has 0 saturated heterocycles. The maximum atomic E-state index is 10.2. The van der Waals surface area contributed by atoms with Gasteiger partial charge in [0.15, 0.2) is 0 Å². The van der Waals surface area contributed by atoms with E-state index in [4.69, 9.17) is 5.11 Å². The fourth-order valence-electron chi connectivity index (χ4n) is 0.174. The summed E-state index contributed by atoms with van der Waals surface area (Å²) in [6.45, 7) is 10.3. The Balaban J connectivity index is 0. The second-order valence-corrected chi connectivity index (χ2v) is 2.39. The number of carbonyl (C=O) groups excluding carboxylic acids is 1. The third kappa shape index (κ3) is 11.7. The number of rotatable bonds is 2. The Morgan fingerprint density at radius 2 is 1.75 bits per heavy atom. The third-order valence-corrected chi connectivity index (χ3v) is 0.804. The Kier molecular flexibility index (Phi) is 9.01. The molecule has 0 aliphatic heterocycles. The predicted octanol–water partition coefficient (Wildman–Crippen LogP) is 1.29. The SMILES string of the molecule is C=C(C)C(=O)OC.C=C(C)CO. The summed E-state index contributed by atoms with van der Waals surface area (Å²) in [4.78, 5) is 10.2. The molecule has 0 unspecified atom stereocenters. The van der Waals surface area contributed by atoms with E-state index in [0.29, 0.717) is 5.57 Å². The van der Waals surface area contributed by atoms with Gasteiger partial charge in [0.05, 0.1) is 13.7 Å². The number of carbonyl (C=O) groups is 1. The van der Waals surface area contributed by atoms with Gasteiger partial charge in [0, 0.05) is 5.57 Å². The zero-order valence-corrected chi connectivity index (χ0v) is 7.89. The van der Waals surface area contributed by atoms with Crippen LogP contribution >= 0.6 is 0 Å². The van der Waals surface area contributed by atoms with Gasteiger partial charge in [0.25, 0.3) is 0 Å². The quantitative estimate of drug-likeness (QED) is 0.388. The number of aliphatic hydroxyl groups excluding tert-OH is 1. The molecule has 3 heteroatoms. The lowest BCUT2D eigenvalue weighted by Crippen LogP contribution is -1.98. The maximum Gasteiger partial charge on any atom is 0.332 e. The number of methoxy groups -OCH3 is 1. The number of hydrogen-bond donors (Lipinski definition) is 1. The van der Waals surface area contributed by atoms with E-state index in [-0.39, 0.29) is 12.6 Å². The molecule has 0 saturated carbocycles. The topological polar surface area (TPSA) is 46.5 Å². The van der Waals surface area contributed by atoms with Crippen LogP contribution in [-0.2, 0) is 9.53 Å². The first-order valence-electron chi connectivity index (χ1n) is 3.44. The molecule has 0 aromatic heterocycles. The molecule has 0 aliphatic rings. The molecule has 3 nitrogen and oxygen atoms in total. The van der Waals surface area contributed by atoms with Crippen LogP contribution in [-0.4, -0.2) is 24.8 Å². The number of ether oxygens (including phenoxy) is 1. The zero-order valence-electron chi connectivity index (χ0n) is 7.89. The Bertz CT molecular complexity index is 171. The summed E-state index contributed by atoms with van der Waals surface area (Å²) in [5, 5.41) is 8.04. The van der Waals surface area contributed by atoms with Crippen LogP contribution in [0.15, 0.2) is 24.3 Å². The first-order chi connectivity index (χ1) is 5.45. The van der Waals surface area contributed by atoms with Crippen molar-refractivity contribution < 1.29 is 14.6 Å². The van der Waals surface area contributed by atoms with Crippen LogP contribution in [0.2, 0.25) is 0 Å². The number of esters is 1. The van der Waals surface area contributed by atoms with E-state index in [0.717, 1.165) is 5.57 Å². The van der Waals surface area contributed by atoms with Crippen molar-refractivity contribution in [2.75, 3.05) is 13.7 Å². The Morgan fingerprint density at radius 1 is 1.42 bits per heavy atom. The van der Waals surface area contributed by atoms with Crippen LogP contribution in [0, 0.1) is 0 Å². The van der Waals surface area contributed by atoms with Gasteiger partial charge in [-0.3, -0.25) is 0 Å². The van der Waals surface area contributed by atoms with Crippen LogP contribution in [0.1, 0.15) is 13.8 Å². The number of hydrogen-bond acceptors (Lipinski definition) is 3. The van der Waals surface area contributed by atoms with E-state index < -0.39 is 0 Å². The lowest BCUT2D eigenvalue weighted by Gasteiger charge is -1.91. The van der Waals surface area contributed by atoms with Crippen molar-refractivity contribution in [1.29, 1.82) is 0 Å². The summed E-state index contributed by atoms with van der Waals surface area (Å²) in [6, 6.07) is 0. The molecule has 0 aromatic rings. The fraction of sp³-hybridized carbons (Fsp3) is 0.444. The molecule has 12 heavy (non-hydrogen) atoms. The highest BCUT2D eigenvalue weighted by Gasteiger charge is 1.95. The van der Waals surface area contributed by atoms with Gasteiger partial charge in [0.1, 0.15) is 0 Å². The largest absolute Gasteiger partial charge is 0.466 e. The minimum absolute atomic E-state index is 0.111. The smallest absolute Gasteiger partial charge is 0.332 e. The summed E-state index contributed by atoms with van der Waals surface area (Å²) in [5.41, 5.74) is 1.24. The highest BCUT2D eigenvalue weighted by molar-refractivity contribution is 5.86. The summed E-state index contributed by atoms with van der Waals surface area (Å²) >= 11 is 0. The summed E-state index contributed by atoms with van der Waals surface area (Å²) in [5.74, 6) is -0.347. The van der Waals surface area contributed by atoms with Gasteiger partial charge >= 0.3 is 5.97 Å². The molecule has 0 radical (unpaired) electrons. The molecule has 0 aromatic carbocycles. The van der Waals surface area contributed by atoms with Crippen molar-refractivity contribution in [3.05, 3.63) is 24.3 Å². The molecule has 0 atom stereocenters. The van der Waals surface area contributed by atoms with E-state index in [1.165, 1.54) is 7.11 Å². The van der Waals surface area contributed by atoms with E-state index in [1.807, 2.05) is 0 Å². The minimum atomic E-state index is -0.347. The van der Waals surface area contributed by atoms with Gasteiger partial charge in [-0.15, -0.1) is 0 Å². The van der Waals surface area contributed by atoms with E-state index in [2.05, 4.69) is 17.9 Å². The lowest BCUT2D eigenvalue weighted by molar-refractivity contribution is -0.136. The predicted molar refractivity (Wildman–Crippen MR) is 48.7 cm³/mol. The zero-order chi connectivity index (χ0) is 10.1. The fourth-order valence-corrected chi connectivity index (χ4v) is 0.174. The second kappa shape index (κ2) is 8.01. The molecule has 0 spiro atoms. The molecule has 70 valence electrons. The normalized spacial score (nSPS) is 7.67. The van der Waals surface area contributed by atoms with Crippen LogP contribution in [0.3, 0.4) is 0 Å². The van der Waals surface area contributed by atoms with Gasteiger partial charge in [-0.2, -0.15) is 0 Å². The van der Waals surface area contributed by atoms with E-state index >= 15 is 0 Å². The number of aliphatic hydroxyl groups is 1. The van der Waals surface area contributed by atoms with Gasteiger partial charge in [0.2, 0.25) is 0 Å². The Hall–Kier alpha value is -1.09. The van der Waals surface area contributed by atoms with E-state index in [9.17, 15) is 4.79 Å². The molecule has 1 N–H and O–H groups in total. The molecule has 0 amide bonds. The summed E-state index contributed by atoms with van der Waals surface area (Å²) < 4.78 is 4.27. The minimum Gasteiger partial charge on any atom is -0.466 e. The van der Waals surface area contributed by atoms with Crippen molar-refractivity contribution in [2.24, 2.45) is 0 Å². The molecule has 0 aliphatic carbocycles. The summed E-state index contributed by atoms with van der Waals surface area (Å²) in [6.07, 6.45) is 0. The molecule has 0 fully saturated rings. The van der Waals surface area contributed by atoms with Crippen LogP contribution in [0.5, 0.6) is 0 Å². The first kappa shape index (κ1) is 13.5. The first-order valence-corrected chi connectivity index (χ1v) is 3.44. The molecule has 0 bridgehead atoms. The Labute approximate surface area is 73.4 Å². The van der Waals surface area contributed by atoms with Crippen molar-refractivity contribution in [1.82, 2.24) is 0 Å². The van der Waals surface area contributed by atoms with Crippen molar-refractivity contribution in [3.8, 4) is 0 Å². The van der Waals surface area contributed by atoms with Crippen LogP contribution in [0.4, 0.5) is 0 Å². The van der Waals surface area contributed by atoms with Gasteiger partial charge in [-0.25, -0.2) is 4.79 Å². The average Bonchev–Trinajstić information content (AvgIpc) is 2.04. The lowest BCUT2D eigenvalue weighted by atomic mass is 10.4. The van der Waals surface area contributed by atoms with Gasteiger partial charge < -0.3 is 9.84 Å². The standard InChI is InChI=1S/C5H8O2.C4H8O/c1-4(2)5(6)7-3;1-4(2)3-5/h1H2,2-3H3;5H,1,3H2,2H3.